The normalized spacial score (nSPS) is 10.6. The molecule has 0 radical (unpaired) electrons. The third kappa shape index (κ3) is 4.50. The lowest BCUT2D eigenvalue weighted by atomic mass is 10.1. The molecule has 4 nitrogen and oxygen atoms in total. The Morgan fingerprint density at radius 1 is 1.04 bits per heavy atom. The molecule has 0 N–H and O–H groups in total. The molecule has 2 aromatic carbocycles. The number of methoxy groups -OCH3 is 2. The highest BCUT2D eigenvalue weighted by molar-refractivity contribution is 6.31. The van der Waals surface area contributed by atoms with Crippen LogP contribution in [-0.2, 0) is 4.79 Å². The average Bonchev–Trinajstić information content (AvgIpc) is 2.56. The van der Waals surface area contributed by atoms with Gasteiger partial charge in [0.2, 0.25) is 0 Å². The van der Waals surface area contributed by atoms with E-state index in [2.05, 4.69) is 0 Å². The highest BCUT2D eigenvalue weighted by Gasteiger charge is 2.05. The van der Waals surface area contributed by atoms with Gasteiger partial charge in [-0.1, -0.05) is 11.6 Å². The molecule has 23 heavy (non-hydrogen) atoms. The highest BCUT2D eigenvalue weighted by Crippen LogP contribution is 2.26. The zero-order valence-electron chi connectivity index (χ0n) is 13.1. The molecule has 0 saturated heterocycles. The molecular weight excluding hydrogens is 316 g/mol. The van der Waals surface area contributed by atoms with Gasteiger partial charge in [-0.25, -0.2) is 4.79 Å². The van der Waals surface area contributed by atoms with Crippen LogP contribution < -0.4 is 14.2 Å². The maximum absolute atomic E-state index is 11.9. The van der Waals surface area contributed by atoms with E-state index in [0.29, 0.717) is 22.3 Å². The molecule has 2 rings (SSSR count). The molecule has 0 unspecified atom stereocenters. The monoisotopic (exact) mass is 332 g/mol. The van der Waals surface area contributed by atoms with Crippen molar-refractivity contribution < 1.29 is 19.0 Å². The largest absolute Gasteiger partial charge is 0.497 e. The average molecular weight is 333 g/mol. The van der Waals surface area contributed by atoms with Crippen LogP contribution >= 0.6 is 11.6 Å². The lowest BCUT2D eigenvalue weighted by Crippen LogP contribution is -2.03. The fourth-order valence-electron chi connectivity index (χ4n) is 1.94. The Morgan fingerprint density at radius 2 is 1.78 bits per heavy atom. The summed E-state index contributed by atoms with van der Waals surface area (Å²) in [4.78, 5) is 11.9. The van der Waals surface area contributed by atoms with Crippen LogP contribution in [0.2, 0.25) is 5.02 Å². The molecule has 0 amide bonds. The topological polar surface area (TPSA) is 44.8 Å². The molecule has 0 saturated carbocycles. The van der Waals surface area contributed by atoms with E-state index in [1.807, 2.05) is 6.92 Å². The highest BCUT2D eigenvalue weighted by atomic mass is 35.5. The van der Waals surface area contributed by atoms with Gasteiger partial charge < -0.3 is 14.2 Å². The summed E-state index contributed by atoms with van der Waals surface area (Å²) in [5.74, 6) is 1.25. The molecular formula is C18H17ClO4. The van der Waals surface area contributed by atoms with Crippen molar-refractivity contribution >= 4 is 23.6 Å². The van der Waals surface area contributed by atoms with Crippen molar-refractivity contribution in [3.8, 4) is 17.2 Å². The van der Waals surface area contributed by atoms with Crippen molar-refractivity contribution in [2.75, 3.05) is 14.2 Å². The van der Waals surface area contributed by atoms with Crippen LogP contribution in [0, 0.1) is 6.92 Å². The van der Waals surface area contributed by atoms with Crippen molar-refractivity contribution in [2.24, 2.45) is 0 Å². The summed E-state index contributed by atoms with van der Waals surface area (Å²) in [7, 11) is 3.14. The molecule has 0 spiro atoms. The summed E-state index contributed by atoms with van der Waals surface area (Å²) in [5, 5.41) is 0.628. The lowest BCUT2D eigenvalue weighted by Gasteiger charge is -2.07. The number of carbonyl (C=O) groups is 1. The molecule has 5 heteroatoms. The third-order valence-corrected chi connectivity index (χ3v) is 3.61. The van der Waals surface area contributed by atoms with E-state index in [1.54, 1.807) is 56.7 Å². The van der Waals surface area contributed by atoms with E-state index in [1.165, 1.54) is 6.08 Å². The molecule has 120 valence electrons. The van der Waals surface area contributed by atoms with Gasteiger partial charge in [0.1, 0.15) is 17.2 Å². The number of ether oxygens (including phenoxy) is 3. The van der Waals surface area contributed by atoms with Crippen LogP contribution in [0.3, 0.4) is 0 Å². The van der Waals surface area contributed by atoms with Gasteiger partial charge in [-0.15, -0.1) is 0 Å². The maximum atomic E-state index is 11.9. The van der Waals surface area contributed by atoms with E-state index >= 15 is 0 Å². The van der Waals surface area contributed by atoms with Crippen LogP contribution in [0.1, 0.15) is 11.1 Å². The molecule has 0 atom stereocenters. The van der Waals surface area contributed by atoms with E-state index < -0.39 is 5.97 Å². The standard InChI is InChI=1S/C18H17ClO4/c1-12-10-15(7-8-16(12)19)23-18(20)9-5-13-4-6-14(21-2)11-17(13)22-3/h4-11H,1-3H3/b9-5+. The first-order valence-electron chi connectivity index (χ1n) is 6.91. The summed E-state index contributed by atoms with van der Waals surface area (Å²) in [6.07, 6.45) is 2.97. The molecule has 2 aromatic rings. The minimum atomic E-state index is -0.482. The summed E-state index contributed by atoms with van der Waals surface area (Å²) < 4.78 is 15.6. The predicted molar refractivity (Wildman–Crippen MR) is 90.4 cm³/mol. The summed E-state index contributed by atoms with van der Waals surface area (Å²) in [6, 6.07) is 10.4. The van der Waals surface area contributed by atoms with Gasteiger partial charge in [0.25, 0.3) is 0 Å². The SMILES string of the molecule is COc1ccc(/C=C/C(=O)Oc2ccc(Cl)c(C)c2)c(OC)c1. The molecule has 0 aliphatic heterocycles. The second-order valence-corrected chi connectivity index (χ2v) is 5.18. The van der Waals surface area contributed by atoms with Crippen molar-refractivity contribution in [1.29, 1.82) is 0 Å². The van der Waals surface area contributed by atoms with Gasteiger partial charge in [0.05, 0.1) is 14.2 Å². The fourth-order valence-corrected chi connectivity index (χ4v) is 2.06. The van der Waals surface area contributed by atoms with Crippen LogP contribution in [0.4, 0.5) is 0 Å². The first kappa shape index (κ1) is 16.9. The quantitative estimate of drug-likeness (QED) is 0.465. The molecule has 0 aromatic heterocycles. The minimum absolute atomic E-state index is 0.447. The number of halogens is 1. The van der Waals surface area contributed by atoms with E-state index in [4.69, 9.17) is 25.8 Å². The number of aryl methyl sites for hydroxylation is 1. The third-order valence-electron chi connectivity index (χ3n) is 3.19. The Kier molecular flexibility index (Phi) is 5.66. The van der Waals surface area contributed by atoms with Gasteiger partial charge in [0, 0.05) is 22.7 Å². The smallest absolute Gasteiger partial charge is 0.336 e. The van der Waals surface area contributed by atoms with Crippen LogP contribution in [-0.4, -0.2) is 20.2 Å². The molecule has 0 fully saturated rings. The number of hydrogen-bond acceptors (Lipinski definition) is 4. The Bertz CT molecular complexity index is 738. The molecule has 0 bridgehead atoms. The van der Waals surface area contributed by atoms with Gasteiger partial charge in [-0.2, -0.15) is 0 Å². The van der Waals surface area contributed by atoms with Crippen LogP contribution in [0.25, 0.3) is 6.08 Å². The molecule has 0 aliphatic rings. The zero-order valence-corrected chi connectivity index (χ0v) is 13.9. The Labute approximate surface area is 140 Å². The van der Waals surface area contributed by atoms with E-state index in [-0.39, 0.29) is 0 Å². The van der Waals surface area contributed by atoms with E-state index in [0.717, 1.165) is 11.1 Å². The summed E-state index contributed by atoms with van der Waals surface area (Å²) in [5.41, 5.74) is 1.59. The molecule has 0 heterocycles. The maximum Gasteiger partial charge on any atom is 0.336 e. The number of carbonyl (C=O) groups excluding carboxylic acids is 1. The zero-order chi connectivity index (χ0) is 16.8. The van der Waals surface area contributed by atoms with Crippen LogP contribution in [0.15, 0.2) is 42.5 Å². The first-order chi connectivity index (χ1) is 11.0. The number of rotatable bonds is 5. The van der Waals surface area contributed by atoms with Crippen LogP contribution in [0.5, 0.6) is 17.2 Å². The van der Waals surface area contributed by atoms with Gasteiger partial charge in [-0.3, -0.25) is 0 Å². The fraction of sp³-hybridized carbons (Fsp3) is 0.167. The van der Waals surface area contributed by atoms with Crippen molar-refractivity contribution in [1.82, 2.24) is 0 Å². The summed E-state index contributed by atoms with van der Waals surface area (Å²) in [6.45, 7) is 1.84. The van der Waals surface area contributed by atoms with Gasteiger partial charge >= 0.3 is 5.97 Å². The lowest BCUT2D eigenvalue weighted by molar-refractivity contribution is -0.128. The van der Waals surface area contributed by atoms with Crippen molar-refractivity contribution in [2.45, 2.75) is 6.92 Å². The first-order valence-corrected chi connectivity index (χ1v) is 7.29. The second kappa shape index (κ2) is 7.70. The second-order valence-electron chi connectivity index (χ2n) is 4.77. The minimum Gasteiger partial charge on any atom is -0.497 e. The van der Waals surface area contributed by atoms with Crippen molar-refractivity contribution in [3.63, 3.8) is 0 Å². The Morgan fingerprint density at radius 3 is 2.43 bits per heavy atom. The van der Waals surface area contributed by atoms with E-state index in [9.17, 15) is 4.79 Å². The number of esters is 1. The molecule has 0 aliphatic carbocycles. The van der Waals surface area contributed by atoms with Gasteiger partial charge in [-0.05, 0) is 48.9 Å². The van der Waals surface area contributed by atoms with Gasteiger partial charge in [0.15, 0.2) is 0 Å². The number of benzene rings is 2. The number of hydrogen-bond donors (Lipinski definition) is 0. The Balaban J connectivity index is 2.10. The predicted octanol–water partition coefficient (Wildman–Crippen LogP) is 4.28. The van der Waals surface area contributed by atoms with Crippen molar-refractivity contribution in [3.05, 3.63) is 58.6 Å². The summed E-state index contributed by atoms with van der Waals surface area (Å²) >= 11 is 5.94. The Hall–Kier alpha value is -2.46.